The monoisotopic (exact) mass is 480 g/mol. The molecule has 1 heterocycles. The molecule has 0 saturated carbocycles. The van der Waals surface area contributed by atoms with Gasteiger partial charge in [-0.25, -0.2) is 0 Å². The summed E-state index contributed by atoms with van der Waals surface area (Å²) >= 11 is 0. The maximum atomic E-state index is 11.4. The molecule has 2 aromatic rings. The van der Waals surface area contributed by atoms with Crippen molar-refractivity contribution in [2.75, 3.05) is 6.61 Å². The first-order valence-corrected chi connectivity index (χ1v) is 13.6. The Labute approximate surface area is 214 Å². The van der Waals surface area contributed by atoms with Crippen molar-refractivity contribution in [2.24, 2.45) is 5.92 Å². The van der Waals surface area contributed by atoms with E-state index in [0.717, 1.165) is 18.0 Å². The van der Waals surface area contributed by atoms with E-state index in [2.05, 4.69) is 71.4 Å². The lowest BCUT2D eigenvalue weighted by molar-refractivity contribution is -0.117. The number of hydrogen-bond donors (Lipinski definition) is 0. The van der Waals surface area contributed by atoms with Gasteiger partial charge in [0.1, 0.15) is 11.5 Å². The highest BCUT2D eigenvalue weighted by Gasteiger charge is 2.34. The topological polar surface area (TPSA) is 44.1 Å². The average Bonchev–Trinajstić information content (AvgIpc) is 3.30. The fraction of sp³-hybridized carbons (Fsp3) is 0.613. The molecular weight excluding hydrogens is 432 g/mol. The molecule has 194 valence electrons. The predicted molar refractivity (Wildman–Crippen MR) is 148 cm³/mol. The largest absolute Gasteiger partial charge is 0.492 e. The van der Waals surface area contributed by atoms with Gasteiger partial charge in [0.2, 0.25) is 0 Å². The molecule has 4 heteroatoms. The maximum absolute atomic E-state index is 11.4. The smallest absolute Gasteiger partial charge is 0.151 e. The Balaban J connectivity index is 0.000000251. The summed E-state index contributed by atoms with van der Waals surface area (Å²) in [6.07, 6.45) is 7.63. The van der Waals surface area contributed by atoms with Crippen LogP contribution in [0.2, 0.25) is 0 Å². The number of ether oxygens (including phenoxy) is 1. The van der Waals surface area contributed by atoms with Gasteiger partial charge in [0.05, 0.1) is 13.2 Å². The van der Waals surface area contributed by atoms with Gasteiger partial charge < -0.3 is 4.74 Å². The minimum absolute atomic E-state index is 0.117. The van der Waals surface area contributed by atoms with E-state index in [-0.39, 0.29) is 5.78 Å². The number of ketones is 1. The van der Waals surface area contributed by atoms with Crippen LogP contribution >= 0.6 is 0 Å². The summed E-state index contributed by atoms with van der Waals surface area (Å²) in [4.78, 5) is 11.4. The number of hydrogen-bond acceptors (Lipinski definition) is 3. The molecule has 0 fully saturated rings. The molecule has 1 aromatic carbocycles. The first-order valence-electron chi connectivity index (χ1n) is 13.6. The SMILES string of the molecule is C=C(OCC)c1nn(CC(C)=O)c2c1C(C)[C@H](C)C2.CCCCC(CCC)c1cccc(C)c1C. The number of carbonyl (C=O) groups excluding carboxylic acids is 1. The molecule has 1 aliphatic rings. The summed E-state index contributed by atoms with van der Waals surface area (Å²) in [7, 11) is 0. The third-order valence-electron chi connectivity index (χ3n) is 7.51. The zero-order valence-corrected chi connectivity index (χ0v) is 23.5. The molecular formula is C31H48N2O2. The molecule has 0 N–H and O–H groups in total. The highest BCUT2D eigenvalue weighted by molar-refractivity contribution is 5.75. The number of nitrogens with zero attached hydrogens (tertiary/aromatic N) is 2. The molecule has 4 nitrogen and oxygen atoms in total. The molecule has 0 aliphatic heterocycles. The number of carbonyl (C=O) groups is 1. The minimum Gasteiger partial charge on any atom is -0.492 e. The molecule has 0 radical (unpaired) electrons. The molecule has 3 atom stereocenters. The van der Waals surface area contributed by atoms with Crippen LogP contribution in [0.5, 0.6) is 0 Å². The second kappa shape index (κ2) is 13.7. The molecule has 0 amide bonds. The lowest BCUT2D eigenvalue weighted by Crippen LogP contribution is -2.12. The van der Waals surface area contributed by atoms with E-state index < -0.39 is 0 Å². The van der Waals surface area contributed by atoms with E-state index in [0.29, 0.717) is 30.7 Å². The first kappa shape index (κ1) is 28.9. The summed E-state index contributed by atoms with van der Waals surface area (Å²) in [6, 6.07) is 6.77. The van der Waals surface area contributed by atoms with Crippen LogP contribution in [0.25, 0.3) is 5.76 Å². The summed E-state index contributed by atoms with van der Waals surface area (Å²) in [5.74, 6) is 2.51. The highest BCUT2D eigenvalue weighted by atomic mass is 16.5. The lowest BCUT2D eigenvalue weighted by atomic mass is 9.86. The summed E-state index contributed by atoms with van der Waals surface area (Å²) < 4.78 is 7.33. The van der Waals surface area contributed by atoms with Crippen LogP contribution in [0.1, 0.15) is 119 Å². The quantitative estimate of drug-likeness (QED) is 0.305. The molecule has 0 saturated heterocycles. The Hall–Kier alpha value is -2.36. The number of aryl methyl sites for hydroxylation is 1. The summed E-state index contributed by atoms with van der Waals surface area (Å²) in [5.41, 5.74) is 7.76. The van der Waals surface area contributed by atoms with Crippen molar-refractivity contribution >= 4 is 11.5 Å². The normalized spacial score (nSPS) is 17.4. The van der Waals surface area contributed by atoms with Gasteiger partial charge in [-0.2, -0.15) is 5.10 Å². The van der Waals surface area contributed by atoms with Crippen molar-refractivity contribution in [3.63, 3.8) is 0 Å². The van der Waals surface area contributed by atoms with Crippen LogP contribution in [-0.2, 0) is 22.5 Å². The third kappa shape index (κ3) is 7.32. The Kier molecular flexibility index (Phi) is 11.3. The summed E-state index contributed by atoms with van der Waals surface area (Å²) in [5, 5.41) is 4.55. The standard InChI is InChI=1S/C16H26.C15H22N2O2/c1-5-7-11-15(9-6-2)16-12-8-10-13(3)14(16)4;1-6-19-12(5)15-14-11(4)9(2)7-13(14)17(16-15)8-10(3)18/h8,10,12,15H,5-7,9,11H2,1-4H3;9,11H,5-8H2,1-4H3/t;9-,11?/m.1/s1. The van der Waals surface area contributed by atoms with Crippen LogP contribution < -0.4 is 0 Å². The molecule has 35 heavy (non-hydrogen) atoms. The first-order chi connectivity index (χ1) is 16.7. The van der Waals surface area contributed by atoms with Gasteiger partial charge in [-0.15, -0.1) is 0 Å². The Morgan fingerprint density at radius 3 is 2.49 bits per heavy atom. The van der Waals surface area contributed by atoms with E-state index in [9.17, 15) is 4.79 Å². The number of aromatic nitrogens is 2. The Morgan fingerprint density at radius 2 is 1.89 bits per heavy atom. The van der Waals surface area contributed by atoms with Crippen molar-refractivity contribution in [1.29, 1.82) is 0 Å². The van der Waals surface area contributed by atoms with E-state index in [1.54, 1.807) is 12.5 Å². The van der Waals surface area contributed by atoms with Crippen LogP contribution in [-0.4, -0.2) is 22.2 Å². The van der Waals surface area contributed by atoms with E-state index >= 15 is 0 Å². The summed E-state index contributed by atoms with van der Waals surface area (Å²) in [6.45, 7) is 21.9. The van der Waals surface area contributed by atoms with Gasteiger partial charge in [-0.05, 0) is 81.4 Å². The van der Waals surface area contributed by atoms with Crippen molar-refractivity contribution in [3.8, 4) is 0 Å². The van der Waals surface area contributed by atoms with Gasteiger partial charge >= 0.3 is 0 Å². The number of fused-ring (bicyclic) bond motifs is 1. The molecule has 1 aromatic heterocycles. The number of Topliss-reactive ketones (excluding diaryl/α,β-unsaturated/α-hetero) is 1. The lowest BCUT2D eigenvalue weighted by Gasteiger charge is -2.19. The second-order valence-corrected chi connectivity index (χ2v) is 10.3. The minimum atomic E-state index is 0.117. The number of unbranched alkanes of at least 4 members (excludes halogenated alkanes) is 1. The fourth-order valence-corrected chi connectivity index (χ4v) is 5.23. The van der Waals surface area contributed by atoms with E-state index in [1.165, 1.54) is 54.5 Å². The van der Waals surface area contributed by atoms with Crippen LogP contribution in [0.3, 0.4) is 0 Å². The highest BCUT2D eigenvalue weighted by Crippen LogP contribution is 2.41. The number of benzene rings is 1. The predicted octanol–water partition coefficient (Wildman–Crippen LogP) is 8.15. The molecule has 1 aliphatic carbocycles. The zero-order valence-electron chi connectivity index (χ0n) is 23.5. The second-order valence-electron chi connectivity index (χ2n) is 10.3. The maximum Gasteiger partial charge on any atom is 0.151 e. The fourth-order valence-electron chi connectivity index (χ4n) is 5.23. The van der Waals surface area contributed by atoms with Gasteiger partial charge in [0.15, 0.2) is 5.78 Å². The third-order valence-corrected chi connectivity index (χ3v) is 7.51. The van der Waals surface area contributed by atoms with Crippen molar-refractivity contribution in [3.05, 3.63) is 58.4 Å². The number of rotatable bonds is 11. The van der Waals surface area contributed by atoms with Gasteiger partial charge in [0.25, 0.3) is 0 Å². The van der Waals surface area contributed by atoms with Crippen LogP contribution in [0.4, 0.5) is 0 Å². The van der Waals surface area contributed by atoms with Gasteiger partial charge in [-0.1, -0.05) is 71.7 Å². The Morgan fingerprint density at radius 1 is 1.17 bits per heavy atom. The molecule has 0 spiro atoms. The van der Waals surface area contributed by atoms with Crippen LogP contribution in [0.15, 0.2) is 24.8 Å². The average molecular weight is 481 g/mol. The van der Waals surface area contributed by atoms with E-state index in [4.69, 9.17) is 4.74 Å². The molecule has 2 unspecified atom stereocenters. The molecule has 0 bridgehead atoms. The van der Waals surface area contributed by atoms with Crippen molar-refractivity contribution < 1.29 is 9.53 Å². The van der Waals surface area contributed by atoms with Crippen molar-refractivity contribution in [1.82, 2.24) is 9.78 Å². The van der Waals surface area contributed by atoms with Crippen LogP contribution in [0, 0.1) is 19.8 Å². The van der Waals surface area contributed by atoms with E-state index in [1.807, 2.05) is 11.6 Å². The van der Waals surface area contributed by atoms with Crippen molar-refractivity contribution in [2.45, 2.75) is 112 Å². The van der Waals surface area contributed by atoms with Gasteiger partial charge in [0, 0.05) is 11.3 Å². The molecule has 3 rings (SSSR count). The zero-order chi connectivity index (χ0) is 26.1. The Bertz CT molecular complexity index is 988. The van der Waals surface area contributed by atoms with Gasteiger partial charge in [-0.3, -0.25) is 9.48 Å².